The molecule has 3 unspecified atom stereocenters. The van der Waals surface area contributed by atoms with Gasteiger partial charge in [0.15, 0.2) is 0 Å². The van der Waals surface area contributed by atoms with Gasteiger partial charge in [-0.25, -0.2) is 0 Å². The second-order valence-electron chi connectivity index (χ2n) is 16.1. The lowest BCUT2D eigenvalue weighted by atomic mass is 10.0. The lowest BCUT2D eigenvalue weighted by molar-refractivity contribution is -0.151. The average Bonchev–Trinajstić information content (AvgIpc) is 3.18. The number of rotatable bonds is 42. The maximum Gasteiger partial charge on any atom is 0.306 e. The molecule has 3 atom stereocenters. The van der Waals surface area contributed by atoms with E-state index in [-0.39, 0.29) is 24.9 Å². The Bertz CT molecular complexity index is 915. The number of carbonyl (C=O) groups excluding carboxylic acids is 2. The first kappa shape index (κ1) is 53.1. The van der Waals surface area contributed by atoms with Gasteiger partial charge >= 0.3 is 5.97 Å². The molecule has 0 aliphatic carbocycles. The quantitative estimate of drug-likeness (QED) is 0.0326. The Kier molecular flexibility index (Phi) is 41.7. The van der Waals surface area contributed by atoms with Gasteiger partial charge in [-0.05, 0) is 77.0 Å². The Balaban J connectivity index is 4.58. The molecule has 6 nitrogen and oxygen atoms in total. The molecular weight excluding hydrogens is 683 g/mol. The third-order valence-corrected chi connectivity index (χ3v) is 10.7. The maximum absolute atomic E-state index is 13.1. The van der Waals surface area contributed by atoms with Crippen LogP contribution < -0.4 is 5.32 Å². The number of aliphatic hydroxyl groups is 2. The second-order valence-corrected chi connectivity index (χ2v) is 16.1. The van der Waals surface area contributed by atoms with Crippen LogP contribution >= 0.6 is 0 Å². The van der Waals surface area contributed by atoms with Crippen molar-refractivity contribution in [3.05, 3.63) is 36.5 Å². The molecule has 0 radical (unpaired) electrons. The molecule has 0 fully saturated rings. The van der Waals surface area contributed by atoms with E-state index in [1.807, 2.05) is 0 Å². The Morgan fingerprint density at radius 1 is 0.545 bits per heavy atom. The standard InChI is InChI=1S/C49H91NO5/c1-4-7-10-13-16-19-21-23-24-25-27-30-33-36-39-42-49(54)55-45(40-37-34-31-29-26-22-20-17-14-11-8-5-2)43-48(53)50-46(44-51)47(52)41-38-35-32-28-18-15-12-9-6-3/h8,11,17,19-21,45-47,51-52H,4-7,9-10,12-16,18,22-44H2,1-3H3,(H,50,53)/b11-8+,20-17+,21-19-. The Morgan fingerprint density at radius 3 is 1.51 bits per heavy atom. The van der Waals surface area contributed by atoms with Crippen molar-refractivity contribution in [2.24, 2.45) is 0 Å². The maximum atomic E-state index is 13.1. The fourth-order valence-corrected chi connectivity index (χ4v) is 7.11. The van der Waals surface area contributed by atoms with E-state index in [1.54, 1.807) is 0 Å². The minimum Gasteiger partial charge on any atom is -0.462 e. The van der Waals surface area contributed by atoms with Gasteiger partial charge in [-0.1, -0.05) is 186 Å². The molecule has 0 aliphatic heterocycles. The van der Waals surface area contributed by atoms with Crippen LogP contribution in [0.5, 0.6) is 0 Å². The molecule has 0 aromatic heterocycles. The van der Waals surface area contributed by atoms with Gasteiger partial charge in [-0.2, -0.15) is 0 Å². The number of aliphatic hydroxyl groups excluding tert-OH is 2. The molecule has 0 saturated heterocycles. The average molecular weight is 774 g/mol. The number of allylic oxidation sites excluding steroid dienone is 6. The predicted octanol–water partition coefficient (Wildman–Crippen LogP) is 13.7. The third-order valence-electron chi connectivity index (χ3n) is 10.7. The number of unbranched alkanes of at least 4 members (excludes halogenated alkanes) is 24. The summed E-state index contributed by atoms with van der Waals surface area (Å²) < 4.78 is 5.90. The van der Waals surface area contributed by atoms with Crippen molar-refractivity contribution in [3.63, 3.8) is 0 Å². The van der Waals surface area contributed by atoms with Crippen molar-refractivity contribution < 1.29 is 24.5 Å². The number of carbonyl (C=O) groups is 2. The molecule has 0 aromatic rings. The first-order valence-corrected chi connectivity index (χ1v) is 23.7. The van der Waals surface area contributed by atoms with E-state index in [9.17, 15) is 19.8 Å². The molecule has 1 amide bonds. The largest absolute Gasteiger partial charge is 0.462 e. The summed E-state index contributed by atoms with van der Waals surface area (Å²) in [5.74, 6) is -0.491. The zero-order valence-corrected chi connectivity index (χ0v) is 36.6. The Morgan fingerprint density at radius 2 is 0.982 bits per heavy atom. The molecular formula is C49H91NO5. The lowest BCUT2D eigenvalue weighted by Crippen LogP contribution is -2.46. The highest BCUT2D eigenvalue weighted by molar-refractivity contribution is 5.77. The smallest absolute Gasteiger partial charge is 0.306 e. The van der Waals surface area contributed by atoms with Gasteiger partial charge in [0.25, 0.3) is 0 Å². The summed E-state index contributed by atoms with van der Waals surface area (Å²) in [6.07, 6.45) is 49.2. The number of nitrogens with one attached hydrogen (secondary N) is 1. The normalized spacial score (nSPS) is 13.6. The molecule has 0 heterocycles. The first-order chi connectivity index (χ1) is 27.0. The molecule has 55 heavy (non-hydrogen) atoms. The number of hydrogen-bond donors (Lipinski definition) is 3. The van der Waals surface area contributed by atoms with Gasteiger partial charge in [0.2, 0.25) is 5.91 Å². The van der Waals surface area contributed by atoms with Gasteiger partial charge in [-0.3, -0.25) is 9.59 Å². The van der Waals surface area contributed by atoms with Gasteiger partial charge in [0, 0.05) is 6.42 Å². The highest BCUT2D eigenvalue weighted by Gasteiger charge is 2.24. The van der Waals surface area contributed by atoms with Crippen molar-refractivity contribution >= 4 is 11.9 Å². The van der Waals surface area contributed by atoms with Crippen LogP contribution in [0.15, 0.2) is 36.5 Å². The summed E-state index contributed by atoms with van der Waals surface area (Å²) in [6.45, 7) is 6.34. The third kappa shape index (κ3) is 38.7. The number of amides is 1. The fraction of sp³-hybridized carbons (Fsp3) is 0.837. The fourth-order valence-electron chi connectivity index (χ4n) is 7.11. The minimum absolute atomic E-state index is 0.0678. The lowest BCUT2D eigenvalue weighted by Gasteiger charge is -2.24. The summed E-state index contributed by atoms with van der Waals surface area (Å²) in [4.78, 5) is 26.0. The van der Waals surface area contributed by atoms with Crippen LogP contribution in [0, 0.1) is 0 Å². The molecule has 0 saturated carbocycles. The first-order valence-electron chi connectivity index (χ1n) is 23.7. The highest BCUT2D eigenvalue weighted by Crippen LogP contribution is 2.17. The SMILES string of the molecule is CC/C=C/C/C=C/CCCCCCCC(CC(=O)NC(CO)C(O)CCCCCCCCCCC)OC(=O)CCCCCCCCC/C=C\CCCCCC. The van der Waals surface area contributed by atoms with Crippen molar-refractivity contribution in [2.75, 3.05) is 6.61 Å². The van der Waals surface area contributed by atoms with E-state index >= 15 is 0 Å². The Labute approximate surface area is 341 Å². The number of ether oxygens (including phenoxy) is 1. The van der Waals surface area contributed by atoms with Crippen LogP contribution in [-0.4, -0.2) is 46.9 Å². The summed E-state index contributed by atoms with van der Waals surface area (Å²) in [6, 6.07) is -0.702. The van der Waals surface area contributed by atoms with Crippen LogP contribution in [0.4, 0.5) is 0 Å². The molecule has 322 valence electrons. The molecule has 0 aliphatic rings. The molecule has 6 heteroatoms. The second kappa shape index (κ2) is 43.2. The highest BCUT2D eigenvalue weighted by atomic mass is 16.5. The molecule has 3 N–H and O–H groups in total. The van der Waals surface area contributed by atoms with E-state index in [0.717, 1.165) is 77.0 Å². The molecule has 0 bridgehead atoms. The van der Waals surface area contributed by atoms with E-state index in [1.165, 1.54) is 116 Å². The van der Waals surface area contributed by atoms with Crippen LogP contribution in [0.25, 0.3) is 0 Å². The van der Waals surface area contributed by atoms with Crippen LogP contribution in [-0.2, 0) is 14.3 Å². The van der Waals surface area contributed by atoms with Gasteiger partial charge in [0.1, 0.15) is 6.10 Å². The van der Waals surface area contributed by atoms with E-state index in [0.29, 0.717) is 19.3 Å². The zero-order valence-electron chi connectivity index (χ0n) is 36.6. The molecule has 0 spiro atoms. The van der Waals surface area contributed by atoms with E-state index in [2.05, 4.69) is 62.5 Å². The van der Waals surface area contributed by atoms with Crippen LogP contribution in [0.3, 0.4) is 0 Å². The number of hydrogen-bond acceptors (Lipinski definition) is 5. The van der Waals surface area contributed by atoms with Gasteiger partial charge < -0.3 is 20.3 Å². The monoisotopic (exact) mass is 774 g/mol. The zero-order chi connectivity index (χ0) is 40.3. The summed E-state index contributed by atoms with van der Waals surface area (Å²) >= 11 is 0. The summed E-state index contributed by atoms with van der Waals surface area (Å²) in [7, 11) is 0. The van der Waals surface area contributed by atoms with Crippen molar-refractivity contribution in [2.45, 2.75) is 257 Å². The Hall–Kier alpha value is -1.92. The van der Waals surface area contributed by atoms with Crippen molar-refractivity contribution in [1.82, 2.24) is 5.32 Å². The van der Waals surface area contributed by atoms with Crippen LogP contribution in [0.1, 0.15) is 239 Å². The molecule has 0 rings (SSSR count). The van der Waals surface area contributed by atoms with Gasteiger partial charge in [0.05, 0.1) is 25.2 Å². The van der Waals surface area contributed by atoms with Crippen LogP contribution in [0.2, 0.25) is 0 Å². The van der Waals surface area contributed by atoms with Crippen molar-refractivity contribution in [3.8, 4) is 0 Å². The topological polar surface area (TPSA) is 95.9 Å². The van der Waals surface area contributed by atoms with Gasteiger partial charge in [-0.15, -0.1) is 0 Å². The van der Waals surface area contributed by atoms with Crippen molar-refractivity contribution in [1.29, 1.82) is 0 Å². The molecule has 0 aromatic carbocycles. The minimum atomic E-state index is -0.788. The number of esters is 1. The van der Waals surface area contributed by atoms with E-state index < -0.39 is 18.2 Å². The van der Waals surface area contributed by atoms with E-state index in [4.69, 9.17) is 4.74 Å². The summed E-state index contributed by atoms with van der Waals surface area (Å²) in [5, 5.41) is 23.6. The summed E-state index contributed by atoms with van der Waals surface area (Å²) in [5.41, 5.74) is 0. The predicted molar refractivity (Wildman–Crippen MR) is 236 cm³/mol.